The molecule has 0 bridgehead atoms. The normalized spacial score (nSPS) is 14.9. The Morgan fingerprint density at radius 2 is 0.846 bits per heavy atom. The molecule has 0 radical (unpaired) electrons. The standard InChI is InChI=1S/C49H33NO2/c1-4-14-36(15-5-1)49(42-21-11-10-20-41(42)47-43(49)32-33-46-48(47)52-45-23-13-12-22-44(45)51-46)37-28-24-34(25-29-37)35-26-30-40(31-27-35)50(38-16-6-2-7-17-38)39-18-8-3-9-19-39/h1-33H. The van der Waals surface area contributed by atoms with Crippen molar-refractivity contribution in [2.75, 3.05) is 4.90 Å². The Labute approximate surface area is 303 Å². The fourth-order valence-corrected chi connectivity index (χ4v) is 8.14. The van der Waals surface area contributed by atoms with Gasteiger partial charge in [-0.15, -0.1) is 0 Å². The summed E-state index contributed by atoms with van der Waals surface area (Å²) in [6, 6.07) is 70.8. The Morgan fingerprint density at radius 3 is 1.50 bits per heavy atom. The van der Waals surface area contributed by atoms with Crippen molar-refractivity contribution in [1.82, 2.24) is 0 Å². The number of nitrogens with zero attached hydrogens (tertiary/aromatic N) is 1. The second kappa shape index (κ2) is 12.2. The lowest BCUT2D eigenvalue weighted by molar-refractivity contribution is 0.360. The second-order valence-corrected chi connectivity index (χ2v) is 13.3. The van der Waals surface area contributed by atoms with Crippen LogP contribution in [0.15, 0.2) is 200 Å². The molecule has 2 aliphatic rings. The van der Waals surface area contributed by atoms with Crippen LogP contribution >= 0.6 is 0 Å². The fraction of sp³-hybridized carbons (Fsp3) is 0.0204. The van der Waals surface area contributed by atoms with E-state index in [9.17, 15) is 0 Å². The first-order valence-electron chi connectivity index (χ1n) is 17.7. The Kier molecular flexibility index (Phi) is 7.04. The first-order valence-corrected chi connectivity index (χ1v) is 17.7. The molecule has 0 aromatic heterocycles. The summed E-state index contributed by atoms with van der Waals surface area (Å²) in [6.45, 7) is 0. The molecule has 0 fully saturated rings. The minimum atomic E-state index is -0.559. The summed E-state index contributed by atoms with van der Waals surface area (Å²) in [5.41, 5.74) is 12.2. The monoisotopic (exact) mass is 667 g/mol. The van der Waals surface area contributed by atoms with Crippen LogP contribution in [0, 0.1) is 0 Å². The van der Waals surface area contributed by atoms with Crippen molar-refractivity contribution in [1.29, 1.82) is 0 Å². The van der Waals surface area contributed by atoms with Crippen molar-refractivity contribution in [2.45, 2.75) is 5.41 Å². The molecule has 0 N–H and O–H groups in total. The maximum absolute atomic E-state index is 6.67. The Morgan fingerprint density at radius 1 is 0.346 bits per heavy atom. The van der Waals surface area contributed by atoms with E-state index in [1.807, 2.05) is 24.3 Å². The average Bonchev–Trinajstić information content (AvgIpc) is 3.53. The number of rotatable bonds is 6. The number of ether oxygens (including phenoxy) is 2. The topological polar surface area (TPSA) is 21.7 Å². The number of fused-ring (bicyclic) bond motifs is 6. The molecule has 1 heterocycles. The van der Waals surface area contributed by atoms with Gasteiger partial charge < -0.3 is 14.4 Å². The number of benzene rings is 8. The van der Waals surface area contributed by atoms with E-state index in [1.165, 1.54) is 22.3 Å². The SMILES string of the molecule is c1ccc(N(c2ccccc2)c2ccc(-c3ccc(C4(c5ccccc5)c5ccccc5-c5c4ccc4c5Oc5ccccc5O4)cc3)cc2)cc1. The lowest BCUT2D eigenvalue weighted by Gasteiger charge is -2.34. The summed E-state index contributed by atoms with van der Waals surface area (Å²) in [5.74, 6) is 2.95. The van der Waals surface area contributed by atoms with Crippen LogP contribution in [0.4, 0.5) is 17.1 Å². The Hall–Kier alpha value is -6.84. The van der Waals surface area contributed by atoms with Crippen LogP contribution in [-0.4, -0.2) is 0 Å². The average molecular weight is 668 g/mol. The van der Waals surface area contributed by atoms with Gasteiger partial charge in [0, 0.05) is 22.6 Å². The number of hydrogen-bond acceptors (Lipinski definition) is 3. The summed E-state index contributed by atoms with van der Waals surface area (Å²) in [7, 11) is 0. The third kappa shape index (κ3) is 4.67. The van der Waals surface area contributed by atoms with E-state index in [1.54, 1.807) is 0 Å². The van der Waals surface area contributed by atoms with Gasteiger partial charge in [0.25, 0.3) is 0 Å². The van der Waals surface area contributed by atoms with E-state index in [0.29, 0.717) is 0 Å². The zero-order valence-corrected chi connectivity index (χ0v) is 28.3. The molecule has 0 spiro atoms. The Balaban J connectivity index is 1.08. The molecule has 52 heavy (non-hydrogen) atoms. The number of hydrogen-bond donors (Lipinski definition) is 0. The van der Waals surface area contributed by atoms with Gasteiger partial charge in [0.05, 0.1) is 5.41 Å². The van der Waals surface area contributed by atoms with Gasteiger partial charge in [-0.1, -0.05) is 146 Å². The maximum atomic E-state index is 6.67. The first-order chi connectivity index (χ1) is 25.8. The summed E-state index contributed by atoms with van der Waals surface area (Å²) < 4.78 is 13.1. The molecule has 8 aromatic rings. The molecule has 8 aromatic carbocycles. The van der Waals surface area contributed by atoms with E-state index in [2.05, 4.69) is 181 Å². The highest BCUT2D eigenvalue weighted by Gasteiger charge is 2.48. The minimum Gasteiger partial charge on any atom is -0.449 e. The summed E-state index contributed by atoms with van der Waals surface area (Å²) >= 11 is 0. The molecule has 1 aliphatic heterocycles. The van der Waals surface area contributed by atoms with Crippen LogP contribution < -0.4 is 14.4 Å². The second-order valence-electron chi connectivity index (χ2n) is 13.3. The number of anilines is 3. The van der Waals surface area contributed by atoms with Crippen LogP contribution in [0.25, 0.3) is 22.3 Å². The molecule has 0 saturated carbocycles. The fourth-order valence-electron chi connectivity index (χ4n) is 8.14. The minimum absolute atomic E-state index is 0.559. The van der Waals surface area contributed by atoms with Gasteiger partial charge in [-0.05, 0) is 93.5 Å². The van der Waals surface area contributed by atoms with E-state index in [-0.39, 0.29) is 0 Å². The highest BCUT2D eigenvalue weighted by atomic mass is 16.6. The third-order valence-corrected chi connectivity index (χ3v) is 10.4. The largest absolute Gasteiger partial charge is 0.449 e. The molecular formula is C49H33NO2. The first kappa shape index (κ1) is 30.0. The highest BCUT2D eigenvalue weighted by molar-refractivity contribution is 5.92. The van der Waals surface area contributed by atoms with Crippen molar-refractivity contribution in [3.05, 3.63) is 222 Å². The molecule has 246 valence electrons. The van der Waals surface area contributed by atoms with Crippen molar-refractivity contribution >= 4 is 17.1 Å². The molecule has 10 rings (SSSR count). The lowest BCUT2D eigenvalue weighted by Crippen LogP contribution is -2.28. The van der Waals surface area contributed by atoms with Crippen LogP contribution in [0.3, 0.4) is 0 Å². The highest BCUT2D eigenvalue weighted by Crippen LogP contribution is 2.62. The molecule has 0 saturated heterocycles. The van der Waals surface area contributed by atoms with E-state index in [4.69, 9.17) is 9.47 Å². The molecular weight excluding hydrogens is 635 g/mol. The van der Waals surface area contributed by atoms with Gasteiger partial charge in [-0.25, -0.2) is 0 Å². The van der Waals surface area contributed by atoms with Crippen molar-refractivity contribution in [3.8, 4) is 45.3 Å². The van der Waals surface area contributed by atoms with E-state index >= 15 is 0 Å². The zero-order valence-electron chi connectivity index (χ0n) is 28.3. The summed E-state index contributed by atoms with van der Waals surface area (Å²) in [4.78, 5) is 2.29. The molecule has 3 nitrogen and oxygen atoms in total. The molecule has 3 heteroatoms. The van der Waals surface area contributed by atoms with Crippen LogP contribution in [0.5, 0.6) is 23.0 Å². The quantitative estimate of drug-likeness (QED) is 0.176. The zero-order chi connectivity index (χ0) is 34.5. The van der Waals surface area contributed by atoms with Crippen LogP contribution in [-0.2, 0) is 5.41 Å². The van der Waals surface area contributed by atoms with E-state index < -0.39 is 5.41 Å². The number of para-hydroxylation sites is 4. The molecule has 1 unspecified atom stereocenters. The van der Waals surface area contributed by atoms with Gasteiger partial charge in [0.1, 0.15) is 0 Å². The predicted molar refractivity (Wildman–Crippen MR) is 210 cm³/mol. The van der Waals surface area contributed by atoms with Gasteiger partial charge in [-0.3, -0.25) is 0 Å². The van der Waals surface area contributed by atoms with E-state index in [0.717, 1.165) is 62.3 Å². The van der Waals surface area contributed by atoms with Gasteiger partial charge in [0.15, 0.2) is 23.0 Å². The van der Waals surface area contributed by atoms with Gasteiger partial charge in [0.2, 0.25) is 0 Å². The lowest BCUT2D eigenvalue weighted by atomic mass is 9.67. The summed E-state index contributed by atoms with van der Waals surface area (Å²) in [5, 5.41) is 0. The maximum Gasteiger partial charge on any atom is 0.178 e. The van der Waals surface area contributed by atoms with Crippen molar-refractivity contribution in [3.63, 3.8) is 0 Å². The van der Waals surface area contributed by atoms with Crippen LogP contribution in [0.1, 0.15) is 22.3 Å². The predicted octanol–water partition coefficient (Wildman–Crippen LogP) is 13.1. The van der Waals surface area contributed by atoms with Crippen LogP contribution in [0.2, 0.25) is 0 Å². The molecule has 1 atom stereocenters. The third-order valence-electron chi connectivity index (χ3n) is 10.4. The molecule has 0 amide bonds. The smallest absolute Gasteiger partial charge is 0.178 e. The summed E-state index contributed by atoms with van der Waals surface area (Å²) in [6.07, 6.45) is 0. The Bertz CT molecular complexity index is 2510. The van der Waals surface area contributed by atoms with Crippen molar-refractivity contribution < 1.29 is 9.47 Å². The van der Waals surface area contributed by atoms with Gasteiger partial charge in [-0.2, -0.15) is 0 Å². The van der Waals surface area contributed by atoms with Gasteiger partial charge >= 0.3 is 0 Å². The molecule has 1 aliphatic carbocycles. The van der Waals surface area contributed by atoms with Crippen molar-refractivity contribution in [2.24, 2.45) is 0 Å².